The van der Waals surface area contributed by atoms with Crippen LogP contribution in [-0.4, -0.2) is 25.8 Å². The first kappa shape index (κ1) is 19.1. The summed E-state index contributed by atoms with van der Waals surface area (Å²) in [5.41, 5.74) is 3.37. The summed E-state index contributed by atoms with van der Waals surface area (Å²) in [6.07, 6.45) is 1.71. The highest BCUT2D eigenvalue weighted by Crippen LogP contribution is 2.27. The molecule has 0 N–H and O–H groups in total. The van der Waals surface area contributed by atoms with Crippen molar-refractivity contribution in [2.24, 2.45) is 0 Å². The molecule has 0 radical (unpaired) electrons. The van der Waals surface area contributed by atoms with Gasteiger partial charge in [0.05, 0.1) is 13.2 Å². The van der Waals surface area contributed by atoms with Crippen LogP contribution in [0, 0.1) is 0 Å². The van der Waals surface area contributed by atoms with Crippen molar-refractivity contribution < 1.29 is 14.3 Å². The number of rotatable bonds is 8. The molecule has 0 unspecified atom stereocenters. The van der Waals surface area contributed by atoms with E-state index >= 15 is 0 Å². The lowest BCUT2D eigenvalue weighted by Gasteiger charge is -2.30. The Hall–Kier alpha value is -2.26. The predicted octanol–water partition coefficient (Wildman–Crippen LogP) is 4.58. The number of hydrogen-bond acceptors (Lipinski definition) is 3. The maximum absolute atomic E-state index is 10.8. The molecule has 0 fully saturated rings. The van der Waals surface area contributed by atoms with Gasteiger partial charge >= 0.3 is 0 Å². The second-order valence-electron chi connectivity index (χ2n) is 7.74. The van der Waals surface area contributed by atoms with Gasteiger partial charge in [0.25, 0.3) is 0 Å². The Balaban J connectivity index is 1.98. The molecule has 3 nitrogen and oxygen atoms in total. The second-order valence-corrected chi connectivity index (χ2v) is 7.74. The molecule has 0 amide bonds. The van der Waals surface area contributed by atoms with Crippen molar-refractivity contribution in [1.82, 2.24) is 0 Å². The molecule has 25 heavy (non-hydrogen) atoms. The lowest BCUT2D eigenvalue weighted by molar-refractivity contribution is 0.0633. The summed E-state index contributed by atoms with van der Waals surface area (Å²) in [5, 5.41) is 0. The molecule has 0 aliphatic heterocycles. The average molecular weight is 338 g/mol. The smallest absolute Gasteiger partial charge is 0.150 e. The van der Waals surface area contributed by atoms with Crippen molar-refractivity contribution >= 4 is 12.6 Å². The van der Waals surface area contributed by atoms with Crippen LogP contribution in [-0.2, 0) is 15.6 Å². The van der Waals surface area contributed by atoms with E-state index < -0.39 is 0 Å². The summed E-state index contributed by atoms with van der Waals surface area (Å²) in [6.45, 7) is 9.71. The summed E-state index contributed by atoms with van der Waals surface area (Å²) < 4.78 is 6.05. The van der Waals surface area contributed by atoms with Crippen molar-refractivity contribution in [2.45, 2.75) is 38.5 Å². The fourth-order valence-electron chi connectivity index (χ4n) is 2.75. The van der Waals surface area contributed by atoms with E-state index in [1.807, 2.05) is 48.5 Å². The van der Waals surface area contributed by atoms with Crippen molar-refractivity contribution in [3.63, 3.8) is 0 Å². The molecule has 0 heterocycles. The number of aldehydes is 2. The van der Waals surface area contributed by atoms with E-state index in [1.54, 1.807) is 0 Å². The summed E-state index contributed by atoms with van der Waals surface area (Å²) in [6, 6.07) is 15.3. The van der Waals surface area contributed by atoms with E-state index in [9.17, 15) is 9.59 Å². The van der Waals surface area contributed by atoms with Gasteiger partial charge in [0, 0.05) is 22.0 Å². The van der Waals surface area contributed by atoms with E-state index in [0.29, 0.717) is 24.3 Å². The highest BCUT2D eigenvalue weighted by Gasteiger charge is 2.25. The third-order valence-electron chi connectivity index (χ3n) is 4.58. The van der Waals surface area contributed by atoms with Gasteiger partial charge in [0.2, 0.25) is 0 Å². The molecule has 0 spiro atoms. The number of carbonyl (C=O) groups excluding carboxylic acids is 2. The number of carbonyl (C=O) groups is 2. The SMILES string of the molecule is CC(C)(COCC(C)(C)c1ccc(C=O)cc1)c1ccc(C=O)cc1. The predicted molar refractivity (Wildman–Crippen MR) is 101 cm³/mol. The highest BCUT2D eigenvalue weighted by molar-refractivity contribution is 5.75. The molecule has 0 atom stereocenters. The van der Waals surface area contributed by atoms with Crippen LogP contribution >= 0.6 is 0 Å². The first-order valence-corrected chi connectivity index (χ1v) is 8.48. The van der Waals surface area contributed by atoms with E-state index in [0.717, 1.165) is 23.7 Å². The molecule has 0 aliphatic carbocycles. The minimum absolute atomic E-state index is 0.140. The van der Waals surface area contributed by atoms with E-state index in [-0.39, 0.29) is 10.8 Å². The molecule has 0 bridgehead atoms. The summed E-state index contributed by atoms with van der Waals surface area (Å²) in [5.74, 6) is 0. The molecule has 0 aliphatic rings. The average Bonchev–Trinajstić information content (AvgIpc) is 2.61. The standard InChI is InChI=1S/C22H26O3/c1-21(2,19-9-5-17(13-23)6-10-19)15-25-16-22(3,4)20-11-7-18(14-24)8-12-20/h5-14H,15-16H2,1-4H3. The largest absolute Gasteiger partial charge is 0.380 e. The first-order chi connectivity index (χ1) is 11.8. The lowest BCUT2D eigenvalue weighted by Crippen LogP contribution is -2.30. The van der Waals surface area contributed by atoms with Crippen LogP contribution in [0.25, 0.3) is 0 Å². The molecular weight excluding hydrogens is 312 g/mol. The third kappa shape index (κ3) is 4.86. The Morgan fingerprint density at radius 2 is 1.00 bits per heavy atom. The maximum atomic E-state index is 10.8. The molecule has 2 rings (SSSR count). The molecule has 3 heteroatoms. The molecule has 2 aromatic carbocycles. The zero-order valence-electron chi connectivity index (χ0n) is 15.4. The Labute approximate surface area is 150 Å². The van der Waals surface area contributed by atoms with E-state index in [4.69, 9.17) is 4.74 Å². The van der Waals surface area contributed by atoms with Crippen LogP contribution in [0.5, 0.6) is 0 Å². The molecule has 132 valence electrons. The molecule has 2 aromatic rings. The van der Waals surface area contributed by atoms with Gasteiger partial charge < -0.3 is 4.74 Å². The maximum Gasteiger partial charge on any atom is 0.150 e. The van der Waals surface area contributed by atoms with Crippen molar-refractivity contribution in [3.05, 3.63) is 70.8 Å². The number of benzene rings is 2. The first-order valence-electron chi connectivity index (χ1n) is 8.48. The van der Waals surface area contributed by atoms with Gasteiger partial charge in [-0.05, 0) is 11.1 Å². The van der Waals surface area contributed by atoms with E-state index in [2.05, 4.69) is 27.7 Å². The Morgan fingerprint density at radius 1 is 0.680 bits per heavy atom. The molecular formula is C22H26O3. The molecule has 0 saturated carbocycles. The second kappa shape index (κ2) is 7.75. The zero-order chi connectivity index (χ0) is 18.5. The van der Waals surface area contributed by atoms with Gasteiger partial charge in [-0.2, -0.15) is 0 Å². The summed E-state index contributed by atoms with van der Waals surface area (Å²) in [7, 11) is 0. The van der Waals surface area contributed by atoms with Crippen LogP contribution in [0.3, 0.4) is 0 Å². The minimum atomic E-state index is -0.140. The Kier molecular flexibility index (Phi) is 5.91. The van der Waals surface area contributed by atoms with Crippen LogP contribution in [0.1, 0.15) is 59.5 Å². The normalized spacial score (nSPS) is 12.0. The third-order valence-corrected chi connectivity index (χ3v) is 4.58. The molecule has 0 saturated heterocycles. The van der Waals surface area contributed by atoms with Crippen molar-refractivity contribution in [1.29, 1.82) is 0 Å². The number of ether oxygens (including phenoxy) is 1. The number of hydrogen-bond donors (Lipinski definition) is 0. The van der Waals surface area contributed by atoms with Crippen molar-refractivity contribution in [2.75, 3.05) is 13.2 Å². The van der Waals surface area contributed by atoms with E-state index in [1.165, 1.54) is 0 Å². The Bertz CT molecular complexity index is 646. The zero-order valence-corrected chi connectivity index (χ0v) is 15.4. The van der Waals surface area contributed by atoms with Gasteiger partial charge in [-0.3, -0.25) is 9.59 Å². The van der Waals surface area contributed by atoms with Crippen LogP contribution in [0.4, 0.5) is 0 Å². The fraction of sp³-hybridized carbons (Fsp3) is 0.364. The van der Waals surface area contributed by atoms with Gasteiger partial charge in [-0.25, -0.2) is 0 Å². The van der Waals surface area contributed by atoms with Gasteiger partial charge in [-0.15, -0.1) is 0 Å². The minimum Gasteiger partial charge on any atom is -0.380 e. The van der Waals surface area contributed by atoms with Gasteiger partial charge in [0.15, 0.2) is 0 Å². The van der Waals surface area contributed by atoms with Crippen molar-refractivity contribution in [3.8, 4) is 0 Å². The topological polar surface area (TPSA) is 43.4 Å². The van der Waals surface area contributed by atoms with Crippen LogP contribution in [0.15, 0.2) is 48.5 Å². The summed E-state index contributed by atoms with van der Waals surface area (Å²) in [4.78, 5) is 21.6. The van der Waals surface area contributed by atoms with Crippen LogP contribution in [0.2, 0.25) is 0 Å². The van der Waals surface area contributed by atoms with Crippen LogP contribution < -0.4 is 0 Å². The monoisotopic (exact) mass is 338 g/mol. The summed E-state index contributed by atoms with van der Waals surface area (Å²) >= 11 is 0. The fourth-order valence-corrected chi connectivity index (χ4v) is 2.75. The molecule has 0 aromatic heterocycles. The highest BCUT2D eigenvalue weighted by atomic mass is 16.5. The van der Waals surface area contributed by atoms with Gasteiger partial charge in [-0.1, -0.05) is 76.2 Å². The quantitative estimate of drug-likeness (QED) is 0.662. The lowest BCUT2D eigenvalue weighted by atomic mass is 9.84. The van der Waals surface area contributed by atoms with Gasteiger partial charge in [0.1, 0.15) is 12.6 Å². The Morgan fingerprint density at radius 3 is 1.28 bits per heavy atom.